The Morgan fingerprint density at radius 2 is 1.55 bits per heavy atom. The molecule has 0 atom stereocenters. The fraction of sp³-hybridized carbons (Fsp3) is 0.480. The number of benzene rings is 2. The zero-order chi connectivity index (χ0) is 23.2. The van der Waals surface area contributed by atoms with Gasteiger partial charge in [0.05, 0.1) is 17.7 Å². The minimum absolute atomic E-state index is 0.0372. The second kappa shape index (κ2) is 8.31. The van der Waals surface area contributed by atoms with Gasteiger partial charge in [-0.15, -0.1) is 0 Å². The molecule has 1 N–H and O–H groups in total. The van der Waals surface area contributed by atoms with Gasteiger partial charge in [-0.25, -0.2) is 12.8 Å². The van der Waals surface area contributed by atoms with Crippen LogP contribution in [0.5, 0.6) is 5.75 Å². The first-order valence-corrected chi connectivity index (χ1v) is 12.9. The van der Waals surface area contributed by atoms with Gasteiger partial charge >= 0.3 is 0 Å². The molecule has 176 valence electrons. The van der Waals surface area contributed by atoms with Crippen LogP contribution >= 0.6 is 0 Å². The third kappa shape index (κ3) is 4.33. The van der Waals surface area contributed by atoms with Gasteiger partial charge in [-0.1, -0.05) is 0 Å². The van der Waals surface area contributed by atoms with Gasteiger partial charge < -0.3 is 10.1 Å². The third-order valence-electron chi connectivity index (χ3n) is 7.49. The van der Waals surface area contributed by atoms with Gasteiger partial charge in [0, 0.05) is 5.54 Å². The Bertz CT molecular complexity index is 1100. The molecule has 4 saturated carbocycles. The lowest BCUT2D eigenvalue weighted by Crippen LogP contribution is -2.61. The van der Waals surface area contributed by atoms with Crippen molar-refractivity contribution in [1.29, 1.82) is 0 Å². The van der Waals surface area contributed by atoms with Crippen molar-refractivity contribution in [2.24, 2.45) is 17.8 Å². The lowest BCUT2D eigenvalue weighted by atomic mass is 9.53. The summed E-state index contributed by atoms with van der Waals surface area (Å²) in [6.07, 6.45) is 6.69. The molecule has 0 aliphatic heterocycles. The lowest BCUT2D eigenvalue weighted by Gasteiger charge is -2.57. The second-order valence-corrected chi connectivity index (χ2v) is 11.8. The van der Waals surface area contributed by atoms with Crippen LogP contribution in [0.2, 0.25) is 0 Å². The van der Waals surface area contributed by atoms with Gasteiger partial charge in [-0.2, -0.15) is 0 Å². The summed E-state index contributed by atoms with van der Waals surface area (Å²) < 4.78 is 46.8. The van der Waals surface area contributed by atoms with Crippen LogP contribution in [0, 0.1) is 23.6 Å². The van der Waals surface area contributed by atoms with Crippen molar-refractivity contribution in [3.8, 4) is 5.75 Å². The topological polar surface area (TPSA) is 75.7 Å². The Labute approximate surface area is 194 Å². The number of anilines is 1. The summed E-state index contributed by atoms with van der Waals surface area (Å²) in [7, 11) is -2.56. The summed E-state index contributed by atoms with van der Waals surface area (Å²) in [4.78, 5) is 13.3. The van der Waals surface area contributed by atoms with Crippen molar-refractivity contribution >= 4 is 21.6 Å². The summed E-state index contributed by atoms with van der Waals surface area (Å²) in [6, 6.07) is 11.2. The van der Waals surface area contributed by atoms with Crippen LogP contribution in [0.3, 0.4) is 0 Å². The van der Waals surface area contributed by atoms with E-state index < -0.39 is 15.8 Å². The molecule has 0 radical (unpaired) electrons. The van der Waals surface area contributed by atoms with Crippen LogP contribution in [0.15, 0.2) is 53.4 Å². The van der Waals surface area contributed by atoms with E-state index in [1.807, 2.05) is 0 Å². The summed E-state index contributed by atoms with van der Waals surface area (Å²) in [5, 5.41) is 3.24. The molecule has 0 unspecified atom stereocenters. The quantitative estimate of drug-likeness (QED) is 0.658. The van der Waals surface area contributed by atoms with Gasteiger partial charge in [-0.05, 0) is 105 Å². The number of carbonyl (C=O) groups excluding carboxylic acids is 1. The predicted octanol–water partition coefficient (Wildman–Crippen LogP) is 4.11. The highest BCUT2D eigenvalue weighted by atomic mass is 32.2. The number of halogens is 1. The number of hydrogen-bond acceptors (Lipinski definition) is 4. The summed E-state index contributed by atoms with van der Waals surface area (Å²) in [6.45, 7) is -0.359. The highest BCUT2D eigenvalue weighted by Crippen LogP contribution is 2.55. The highest BCUT2D eigenvalue weighted by molar-refractivity contribution is 7.92. The average Bonchev–Trinajstić information content (AvgIpc) is 2.77. The number of nitrogens with zero attached hydrogens (tertiary/aromatic N) is 1. The van der Waals surface area contributed by atoms with Gasteiger partial charge in [0.15, 0.2) is 0 Å². The first-order valence-electron chi connectivity index (χ1n) is 11.5. The van der Waals surface area contributed by atoms with E-state index in [-0.39, 0.29) is 28.6 Å². The fourth-order valence-electron chi connectivity index (χ4n) is 6.53. The van der Waals surface area contributed by atoms with E-state index >= 15 is 0 Å². The normalized spacial score (nSPS) is 27.9. The maximum atomic E-state index is 13.5. The van der Waals surface area contributed by atoms with Crippen molar-refractivity contribution in [3.63, 3.8) is 0 Å². The maximum absolute atomic E-state index is 13.5. The molecule has 6 nitrogen and oxygen atoms in total. The molecule has 4 bridgehead atoms. The summed E-state index contributed by atoms with van der Waals surface area (Å²) in [5.74, 6) is 1.71. The standard InChI is InChI=1S/C25H29FN2O4S/c1-32-22-6-8-23(9-7-22)33(30,31)28(21-4-2-20(26)3-5-21)16-24(29)27-25-13-17-10-18(14-25)12-19(11-17)15-25/h2-9,17-19H,10-16H2,1H3,(H,27,29). The minimum Gasteiger partial charge on any atom is -0.497 e. The zero-order valence-electron chi connectivity index (χ0n) is 18.7. The molecule has 0 saturated heterocycles. The van der Waals surface area contributed by atoms with Gasteiger partial charge in [0.25, 0.3) is 10.0 Å². The van der Waals surface area contributed by atoms with Gasteiger partial charge in [-0.3, -0.25) is 9.10 Å². The molecule has 0 aromatic heterocycles. The van der Waals surface area contributed by atoms with E-state index in [1.54, 1.807) is 12.1 Å². The predicted molar refractivity (Wildman–Crippen MR) is 123 cm³/mol. The van der Waals surface area contributed by atoms with Gasteiger partial charge in [0.1, 0.15) is 18.1 Å². The number of amides is 1. The summed E-state index contributed by atoms with van der Waals surface area (Å²) >= 11 is 0. The average molecular weight is 473 g/mol. The molecule has 4 fully saturated rings. The van der Waals surface area contributed by atoms with Crippen molar-refractivity contribution in [1.82, 2.24) is 5.32 Å². The highest BCUT2D eigenvalue weighted by Gasteiger charge is 2.51. The van der Waals surface area contributed by atoms with E-state index in [0.717, 1.165) is 23.6 Å². The van der Waals surface area contributed by atoms with E-state index in [4.69, 9.17) is 4.74 Å². The van der Waals surface area contributed by atoms with Crippen molar-refractivity contribution in [3.05, 3.63) is 54.3 Å². The number of carbonyl (C=O) groups is 1. The summed E-state index contributed by atoms with van der Waals surface area (Å²) in [5.41, 5.74) is 0.0253. The Morgan fingerprint density at radius 1 is 1.00 bits per heavy atom. The monoisotopic (exact) mass is 472 g/mol. The molecule has 1 amide bonds. The number of methoxy groups -OCH3 is 1. The molecular weight excluding hydrogens is 443 g/mol. The molecule has 6 rings (SSSR count). The molecule has 0 heterocycles. The van der Waals surface area contributed by atoms with E-state index in [1.165, 1.54) is 62.8 Å². The zero-order valence-corrected chi connectivity index (χ0v) is 19.5. The van der Waals surface area contributed by atoms with E-state index in [9.17, 15) is 17.6 Å². The molecule has 2 aromatic rings. The molecule has 4 aliphatic rings. The van der Waals surface area contributed by atoms with Crippen molar-refractivity contribution < 1.29 is 22.3 Å². The van der Waals surface area contributed by atoms with Crippen LogP contribution in [0.1, 0.15) is 38.5 Å². The van der Waals surface area contributed by atoms with Crippen LogP contribution in [-0.4, -0.2) is 33.5 Å². The maximum Gasteiger partial charge on any atom is 0.264 e. The first kappa shape index (κ1) is 22.2. The second-order valence-electron chi connectivity index (χ2n) is 9.91. The fourth-order valence-corrected chi connectivity index (χ4v) is 7.95. The number of ether oxygens (including phenoxy) is 1. The number of hydrogen-bond donors (Lipinski definition) is 1. The smallest absolute Gasteiger partial charge is 0.264 e. The number of sulfonamides is 1. The Morgan fingerprint density at radius 3 is 2.06 bits per heavy atom. The van der Waals surface area contributed by atoms with Crippen LogP contribution < -0.4 is 14.4 Å². The molecule has 33 heavy (non-hydrogen) atoms. The van der Waals surface area contributed by atoms with Crippen LogP contribution in [0.4, 0.5) is 10.1 Å². The van der Waals surface area contributed by atoms with Gasteiger partial charge in [0.2, 0.25) is 5.91 Å². The number of nitrogens with one attached hydrogen (secondary N) is 1. The number of rotatable bonds is 7. The Balaban J connectivity index is 1.41. The molecule has 4 aliphatic carbocycles. The Hall–Kier alpha value is -2.61. The molecule has 8 heteroatoms. The first-order chi connectivity index (χ1) is 15.8. The van der Waals surface area contributed by atoms with Crippen molar-refractivity contribution in [2.45, 2.75) is 49.0 Å². The molecule has 0 spiro atoms. The lowest BCUT2D eigenvalue weighted by molar-refractivity contribution is -0.125. The Kier molecular flexibility index (Phi) is 5.59. The van der Waals surface area contributed by atoms with E-state index in [2.05, 4.69) is 5.32 Å². The molecule has 2 aromatic carbocycles. The van der Waals surface area contributed by atoms with Crippen LogP contribution in [-0.2, 0) is 14.8 Å². The van der Waals surface area contributed by atoms with Crippen molar-refractivity contribution in [2.75, 3.05) is 18.0 Å². The van der Waals surface area contributed by atoms with E-state index in [0.29, 0.717) is 23.5 Å². The minimum atomic E-state index is -4.06. The third-order valence-corrected chi connectivity index (χ3v) is 9.28. The van der Waals surface area contributed by atoms with Crippen LogP contribution in [0.25, 0.3) is 0 Å². The SMILES string of the molecule is COc1ccc(S(=O)(=O)N(CC(=O)NC23CC4CC(CC(C4)C2)C3)c2ccc(F)cc2)cc1. The molecular formula is C25H29FN2O4S. The largest absolute Gasteiger partial charge is 0.497 e.